The van der Waals surface area contributed by atoms with Gasteiger partial charge in [0.05, 0.1) is 25.8 Å². The average molecular weight is 482 g/mol. The van der Waals surface area contributed by atoms with Gasteiger partial charge in [-0.1, -0.05) is 69.6 Å². The SMILES string of the molecule is O=C(O)c1nc(-c2cc(Cl)cc(Cl)c2Cl)ccc1-c1cc(Cl)cc(Cl)c1Cl. The van der Waals surface area contributed by atoms with E-state index >= 15 is 0 Å². The molecule has 3 rings (SSSR count). The van der Waals surface area contributed by atoms with Crippen LogP contribution in [0.2, 0.25) is 30.1 Å². The number of carbonyl (C=O) groups is 1. The molecule has 0 saturated heterocycles. The third-order valence-corrected chi connectivity index (χ3v) is 5.69. The van der Waals surface area contributed by atoms with Crippen molar-refractivity contribution in [3.63, 3.8) is 0 Å². The van der Waals surface area contributed by atoms with Gasteiger partial charge in [-0.05, 0) is 36.4 Å². The fourth-order valence-electron chi connectivity index (χ4n) is 2.48. The van der Waals surface area contributed by atoms with Crippen LogP contribution in [0, 0.1) is 0 Å². The number of aromatic carboxylic acids is 1. The van der Waals surface area contributed by atoms with E-state index in [1.807, 2.05) is 0 Å². The summed E-state index contributed by atoms with van der Waals surface area (Å²) in [6.45, 7) is 0. The molecule has 0 atom stereocenters. The molecule has 1 heterocycles. The van der Waals surface area contributed by atoms with Crippen LogP contribution in [0.5, 0.6) is 0 Å². The number of rotatable bonds is 3. The summed E-state index contributed by atoms with van der Waals surface area (Å²) < 4.78 is 0. The Balaban J connectivity index is 2.26. The highest BCUT2D eigenvalue weighted by Crippen LogP contribution is 2.40. The van der Waals surface area contributed by atoms with Crippen molar-refractivity contribution >= 4 is 75.6 Å². The van der Waals surface area contributed by atoms with E-state index < -0.39 is 5.97 Å². The molecular formula is C18H7Cl6NO2. The average Bonchev–Trinajstić information content (AvgIpc) is 2.60. The van der Waals surface area contributed by atoms with Crippen LogP contribution in [0.4, 0.5) is 0 Å². The molecule has 138 valence electrons. The van der Waals surface area contributed by atoms with E-state index in [-0.39, 0.29) is 37.0 Å². The molecule has 0 amide bonds. The van der Waals surface area contributed by atoms with Crippen molar-refractivity contribution in [1.82, 2.24) is 4.98 Å². The minimum absolute atomic E-state index is 0.168. The Morgan fingerprint density at radius 1 is 0.741 bits per heavy atom. The topological polar surface area (TPSA) is 50.2 Å². The van der Waals surface area contributed by atoms with Crippen LogP contribution < -0.4 is 0 Å². The molecule has 3 aromatic rings. The van der Waals surface area contributed by atoms with Crippen LogP contribution in [0.25, 0.3) is 22.4 Å². The van der Waals surface area contributed by atoms with Gasteiger partial charge in [-0.3, -0.25) is 0 Å². The minimum atomic E-state index is -1.26. The quantitative estimate of drug-likeness (QED) is 0.385. The van der Waals surface area contributed by atoms with Gasteiger partial charge in [0, 0.05) is 26.7 Å². The molecule has 1 aromatic heterocycles. The Labute approximate surface area is 184 Å². The summed E-state index contributed by atoms with van der Waals surface area (Å²) in [5.74, 6) is -1.26. The first-order valence-electron chi connectivity index (χ1n) is 7.23. The molecule has 0 aliphatic carbocycles. The van der Waals surface area contributed by atoms with E-state index in [2.05, 4.69) is 4.98 Å². The Bertz CT molecular complexity index is 1080. The number of hydrogen-bond acceptors (Lipinski definition) is 2. The third-order valence-electron chi connectivity index (χ3n) is 3.65. The van der Waals surface area contributed by atoms with E-state index in [0.717, 1.165) is 0 Å². The molecule has 2 aromatic carbocycles. The Kier molecular flexibility index (Phi) is 6.11. The van der Waals surface area contributed by atoms with Gasteiger partial charge in [-0.25, -0.2) is 9.78 Å². The Hall–Kier alpha value is -1.20. The number of carboxylic acids is 1. The fraction of sp³-hybridized carbons (Fsp3) is 0. The van der Waals surface area contributed by atoms with Crippen LogP contribution in [0.15, 0.2) is 36.4 Å². The summed E-state index contributed by atoms with van der Waals surface area (Å²) >= 11 is 36.6. The van der Waals surface area contributed by atoms with Crippen molar-refractivity contribution in [2.45, 2.75) is 0 Å². The van der Waals surface area contributed by atoms with Crippen molar-refractivity contribution < 1.29 is 9.90 Å². The molecule has 0 fully saturated rings. The maximum absolute atomic E-state index is 11.8. The van der Waals surface area contributed by atoms with Gasteiger partial charge >= 0.3 is 5.97 Å². The van der Waals surface area contributed by atoms with E-state index in [9.17, 15) is 9.90 Å². The molecule has 9 heteroatoms. The van der Waals surface area contributed by atoms with Gasteiger partial charge in [0.2, 0.25) is 0 Å². The zero-order valence-electron chi connectivity index (χ0n) is 13.0. The van der Waals surface area contributed by atoms with Gasteiger partial charge in [-0.15, -0.1) is 0 Å². The predicted octanol–water partition coefficient (Wildman–Crippen LogP) is 8.03. The smallest absolute Gasteiger partial charge is 0.355 e. The van der Waals surface area contributed by atoms with Crippen LogP contribution in [0.1, 0.15) is 10.5 Å². The number of pyridine rings is 1. The molecule has 0 radical (unpaired) electrons. The van der Waals surface area contributed by atoms with Crippen molar-refractivity contribution in [3.8, 4) is 22.4 Å². The summed E-state index contributed by atoms with van der Waals surface area (Å²) in [6.07, 6.45) is 0. The predicted molar refractivity (Wildman–Crippen MR) is 112 cm³/mol. The van der Waals surface area contributed by atoms with Gasteiger partial charge in [0.1, 0.15) is 0 Å². The summed E-state index contributed by atoms with van der Waals surface area (Å²) in [5.41, 5.74) is 1.04. The molecule has 27 heavy (non-hydrogen) atoms. The molecule has 0 aliphatic rings. The van der Waals surface area contributed by atoms with E-state index in [0.29, 0.717) is 21.2 Å². The lowest BCUT2D eigenvalue weighted by molar-refractivity contribution is 0.0691. The van der Waals surface area contributed by atoms with Crippen molar-refractivity contribution in [1.29, 1.82) is 0 Å². The molecule has 3 nitrogen and oxygen atoms in total. The van der Waals surface area contributed by atoms with Crippen LogP contribution in [-0.4, -0.2) is 16.1 Å². The van der Waals surface area contributed by atoms with Crippen molar-refractivity contribution in [3.05, 3.63) is 72.2 Å². The van der Waals surface area contributed by atoms with Crippen LogP contribution in [-0.2, 0) is 0 Å². The highest BCUT2D eigenvalue weighted by Gasteiger charge is 2.20. The number of nitrogens with zero attached hydrogens (tertiary/aromatic N) is 1. The minimum Gasteiger partial charge on any atom is -0.476 e. The highest BCUT2D eigenvalue weighted by atomic mass is 35.5. The maximum atomic E-state index is 11.8. The van der Waals surface area contributed by atoms with E-state index in [1.54, 1.807) is 18.2 Å². The first-order chi connectivity index (χ1) is 12.7. The van der Waals surface area contributed by atoms with Gasteiger partial charge in [-0.2, -0.15) is 0 Å². The molecular weight excluding hydrogens is 475 g/mol. The molecule has 0 bridgehead atoms. The molecule has 0 aliphatic heterocycles. The molecule has 0 saturated carbocycles. The lowest BCUT2D eigenvalue weighted by atomic mass is 10.0. The first kappa shape index (κ1) is 20.5. The van der Waals surface area contributed by atoms with Crippen molar-refractivity contribution in [2.75, 3.05) is 0 Å². The lowest BCUT2D eigenvalue weighted by Crippen LogP contribution is -2.05. The highest BCUT2D eigenvalue weighted by molar-refractivity contribution is 6.45. The van der Waals surface area contributed by atoms with Gasteiger partial charge in [0.25, 0.3) is 0 Å². The summed E-state index contributed by atoms with van der Waals surface area (Å²) in [7, 11) is 0. The zero-order valence-corrected chi connectivity index (χ0v) is 17.6. The molecule has 1 N–H and O–H groups in total. The summed E-state index contributed by atoms with van der Waals surface area (Å²) in [4.78, 5) is 16.0. The van der Waals surface area contributed by atoms with E-state index in [1.165, 1.54) is 18.2 Å². The molecule has 0 spiro atoms. The number of hydrogen-bond donors (Lipinski definition) is 1. The second-order valence-corrected chi connectivity index (χ2v) is 7.84. The zero-order chi connectivity index (χ0) is 19.9. The second kappa shape index (κ2) is 8.04. The van der Waals surface area contributed by atoms with Crippen molar-refractivity contribution in [2.24, 2.45) is 0 Å². The van der Waals surface area contributed by atoms with Crippen LogP contribution >= 0.6 is 69.6 Å². The Morgan fingerprint density at radius 3 is 1.81 bits per heavy atom. The third kappa shape index (κ3) is 4.14. The monoisotopic (exact) mass is 479 g/mol. The standard InChI is InChI=1S/C18H7Cl6NO2/c19-7-3-10(15(23)12(21)5-7)9-1-2-14(25-17(9)18(26)27)11-4-8(20)6-13(22)16(11)24/h1-6H,(H,26,27). The van der Waals surface area contributed by atoms with Gasteiger partial charge in [0.15, 0.2) is 5.69 Å². The van der Waals surface area contributed by atoms with Crippen LogP contribution in [0.3, 0.4) is 0 Å². The summed E-state index contributed by atoms with van der Waals surface area (Å²) in [5, 5.41) is 11.1. The summed E-state index contributed by atoms with van der Waals surface area (Å²) in [6, 6.07) is 9.14. The number of carboxylic acid groups (broad SMARTS) is 1. The first-order valence-corrected chi connectivity index (χ1v) is 9.50. The van der Waals surface area contributed by atoms with E-state index in [4.69, 9.17) is 69.6 Å². The Morgan fingerprint density at radius 2 is 1.26 bits per heavy atom. The number of benzene rings is 2. The van der Waals surface area contributed by atoms with Gasteiger partial charge < -0.3 is 5.11 Å². The number of halogens is 6. The maximum Gasteiger partial charge on any atom is 0.355 e. The fourth-order valence-corrected chi connectivity index (χ4v) is 3.89. The lowest BCUT2D eigenvalue weighted by Gasteiger charge is -2.12. The largest absolute Gasteiger partial charge is 0.476 e. The number of aromatic nitrogens is 1. The molecule has 0 unspecified atom stereocenters. The second-order valence-electron chi connectivity index (χ2n) is 5.40. The normalized spacial score (nSPS) is 10.9.